The molecule has 0 aliphatic heterocycles. The Hall–Kier alpha value is -3.07. The van der Waals surface area contributed by atoms with E-state index < -0.39 is 16.1 Å². The Morgan fingerprint density at radius 2 is 1.73 bits per heavy atom. The number of hydrogen-bond donors (Lipinski definition) is 1. The summed E-state index contributed by atoms with van der Waals surface area (Å²) in [5.74, 6) is 0.269. The van der Waals surface area contributed by atoms with Gasteiger partial charge in [-0.25, -0.2) is 8.42 Å². The van der Waals surface area contributed by atoms with Crippen LogP contribution in [-0.4, -0.2) is 57.1 Å². The molecule has 2 aromatic rings. The van der Waals surface area contributed by atoms with Crippen LogP contribution in [0.2, 0.25) is 0 Å². The Balaban J connectivity index is 2.22. The second-order valence-electron chi connectivity index (χ2n) is 9.39. The Kier molecular flexibility index (Phi) is 11.4. The van der Waals surface area contributed by atoms with Crippen molar-refractivity contribution in [3.63, 3.8) is 0 Å². The van der Waals surface area contributed by atoms with Crippen molar-refractivity contribution in [1.29, 1.82) is 0 Å². The quantitative estimate of drug-likeness (QED) is 0.393. The SMILES string of the molecule is CC[C@H](C)NC(=O)[C@H](CC)N(Cc1cccc(C)c1)C(=O)CCCN(c1ccc(OC)cc1)S(C)(=O)=O. The number of methoxy groups -OCH3 is 1. The number of hydrogen-bond acceptors (Lipinski definition) is 5. The van der Waals surface area contributed by atoms with Crippen molar-refractivity contribution in [2.24, 2.45) is 0 Å². The number of sulfonamides is 1. The molecule has 2 aromatic carbocycles. The van der Waals surface area contributed by atoms with Crippen LogP contribution in [0.1, 0.15) is 57.6 Å². The van der Waals surface area contributed by atoms with Gasteiger partial charge in [0.1, 0.15) is 11.8 Å². The summed E-state index contributed by atoms with van der Waals surface area (Å²) in [4.78, 5) is 28.2. The molecule has 0 aromatic heterocycles. The van der Waals surface area contributed by atoms with E-state index in [1.54, 1.807) is 36.3 Å². The number of carbonyl (C=O) groups is 2. The molecule has 37 heavy (non-hydrogen) atoms. The van der Waals surface area contributed by atoms with Crippen LogP contribution in [0.15, 0.2) is 48.5 Å². The molecular formula is C28H41N3O5S. The van der Waals surface area contributed by atoms with E-state index in [-0.39, 0.29) is 30.8 Å². The maximum absolute atomic E-state index is 13.5. The van der Waals surface area contributed by atoms with Crippen LogP contribution < -0.4 is 14.4 Å². The normalized spacial score (nSPS) is 12.9. The van der Waals surface area contributed by atoms with E-state index in [2.05, 4.69) is 5.32 Å². The smallest absolute Gasteiger partial charge is 0.243 e. The molecule has 0 aliphatic carbocycles. The first-order valence-corrected chi connectivity index (χ1v) is 14.6. The third-order valence-electron chi connectivity index (χ3n) is 6.33. The highest BCUT2D eigenvalue weighted by molar-refractivity contribution is 7.92. The minimum absolute atomic E-state index is 0.00490. The van der Waals surface area contributed by atoms with Gasteiger partial charge in [-0.1, -0.05) is 43.7 Å². The average Bonchev–Trinajstić information content (AvgIpc) is 2.85. The predicted molar refractivity (Wildman–Crippen MR) is 148 cm³/mol. The number of amides is 2. The van der Waals surface area contributed by atoms with Crippen LogP contribution in [0, 0.1) is 6.92 Å². The molecule has 204 valence electrons. The Bertz CT molecular complexity index is 1130. The molecule has 9 heteroatoms. The van der Waals surface area contributed by atoms with Gasteiger partial charge in [-0.3, -0.25) is 13.9 Å². The Morgan fingerprint density at radius 1 is 1.05 bits per heavy atom. The molecule has 2 amide bonds. The molecule has 0 saturated heterocycles. The van der Waals surface area contributed by atoms with Gasteiger partial charge in [0.25, 0.3) is 0 Å². The lowest BCUT2D eigenvalue weighted by Crippen LogP contribution is -2.50. The van der Waals surface area contributed by atoms with Crippen molar-refractivity contribution in [3.8, 4) is 5.75 Å². The lowest BCUT2D eigenvalue weighted by atomic mass is 10.1. The molecule has 0 aliphatic rings. The number of nitrogens with one attached hydrogen (secondary N) is 1. The zero-order valence-corrected chi connectivity index (χ0v) is 23.7. The largest absolute Gasteiger partial charge is 0.497 e. The third-order valence-corrected chi connectivity index (χ3v) is 7.53. The molecule has 0 saturated carbocycles. The first kappa shape index (κ1) is 30.2. The standard InChI is InChI=1S/C28H41N3O5S/c1-7-22(4)29-28(33)26(8-2)30(20-23-12-9-11-21(3)19-23)27(32)13-10-18-31(37(6,34)35)24-14-16-25(36-5)17-15-24/h9,11-12,14-17,19,22,26H,7-8,10,13,18,20H2,1-6H3,(H,29,33)/t22-,26-/m0/s1. The Morgan fingerprint density at radius 3 is 2.27 bits per heavy atom. The van der Waals surface area contributed by atoms with Gasteiger partial charge >= 0.3 is 0 Å². The number of ether oxygens (including phenoxy) is 1. The van der Waals surface area contributed by atoms with Gasteiger partial charge in [0.2, 0.25) is 21.8 Å². The molecule has 0 spiro atoms. The van der Waals surface area contributed by atoms with Crippen LogP contribution in [0.5, 0.6) is 5.75 Å². The number of nitrogens with zero attached hydrogens (tertiary/aromatic N) is 2. The predicted octanol–water partition coefficient (Wildman–Crippen LogP) is 4.27. The van der Waals surface area contributed by atoms with E-state index in [9.17, 15) is 18.0 Å². The summed E-state index contributed by atoms with van der Waals surface area (Å²) >= 11 is 0. The molecule has 0 heterocycles. The van der Waals surface area contributed by atoms with Gasteiger partial charge < -0.3 is 15.0 Å². The van der Waals surface area contributed by atoms with Crippen LogP contribution in [0.25, 0.3) is 0 Å². The van der Waals surface area contributed by atoms with Gasteiger partial charge in [0, 0.05) is 25.6 Å². The van der Waals surface area contributed by atoms with Crippen LogP contribution in [0.4, 0.5) is 5.69 Å². The fourth-order valence-electron chi connectivity index (χ4n) is 4.12. The molecule has 8 nitrogen and oxygen atoms in total. The summed E-state index contributed by atoms with van der Waals surface area (Å²) in [5.41, 5.74) is 2.52. The highest BCUT2D eigenvalue weighted by atomic mass is 32.2. The summed E-state index contributed by atoms with van der Waals surface area (Å²) in [5, 5.41) is 3.01. The van der Waals surface area contributed by atoms with Gasteiger partial charge in [-0.15, -0.1) is 0 Å². The van der Waals surface area contributed by atoms with Crippen molar-refractivity contribution < 1.29 is 22.7 Å². The van der Waals surface area contributed by atoms with Crippen molar-refractivity contribution in [1.82, 2.24) is 10.2 Å². The maximum Gasteiger partial charge on any atom is 0.243 e. The fourth-order valence-corrected chi connectivity index (χ4v) is 5.09. The molecule has 2 rings (SSSR count). The summed E-state index contributed by atoms with van der Waals surface area (Å²) in [6.45, 7) is 8.27. The summed E-state index contributed by atoms with van der Waals surface area (Å²) in [6, 6.07) is 14.0. The molecule has 0 bridgehead atoms. The first-order valence-electron chi connectivity index (χ1n) is 12.8. The minimum atomic E-state index is -3.56. The molecular weight excluding hydrogens is 490 g/mol. The zero-order chi connectivity index (χ0) is 27.6. The van der Waals surface area contributed by atoms with Crippen LogP contribution in [-0.2, 0) is 26.2 Å². The maximum atomic E-state index is 13.5. The van der Waals surface area contributed by atoms with E-state index in [0.717, 1.165) is 23.8 Å². The molecule has 0 fully saturated rings. The highest BCUT2D eigenvalue weighted by Crippen LogP contribution is 2.22. The first-order chi connectivity index (χ1) is 17.5. The van der Waals surface area contributed by atoms with E-state index in [1.807, 2.05) is 52.0 Å². The van der Waals surface area contributed by atoms with E-state index in [1.165, 1.54) is 4.31 Å². The molecule has 2 atom stereocenters. The van der Waals surface area contributed by atoms with Crippen molar-refractivity contribution >= 4 is 27.5 Å². The third kappa shape index (κ3) is 9.07. The summed E-state index contributed by atoms with van der Waals surface area (Å²) < 4.78 is 31.4. The number of carbonyl (C=O) groups excluding carboxylic acids is 2. The van der Waals surface area contributed by atoms with Crippen molar-refractivity contribution in [2.45, 2.75) is 72.0 Å². The number of rotatable bonds is 14. The number of aryl methyl sites for hydroxylation is 1. The average molecular weight is 532 g/mol. The second-order valence-corrected chi connectivity index (χ2v) is 11.3. The molecule has 1 N–H and O–H groups in total. The summed E-state index contributed by atoms with van der Waals surface area (Å²) in [6.07, 6.45) is 2.84. The van der Waals surface area contributed by atoms with Crippen LogP contribution in [0.3, 0.4) is 0 Å². The van der Waals surface area contributed by atoms with Gasteiger partial charge in [0.05, 0.1) is 19.1 Å². The number of benzene rings is 2. The van der Waals surface area contributed by atoms with Gasteiger partial charge in [-0.2, -0.15) is 0 Å². The van der Waals surface area contributed by atoms with Crippen molar-refractivity contribution in [3.05, 3.63) is 59.7 Å². The van der Waals surface area contributed by atoms with E-state index >= 15 is 0 Å². The lowest BCUT2D eigenvalue weighted by molar-refractivity contribution is -0.141. The topological polar surface area (TPSA) is 96.0 Å². The van der Waals surface area contributed by atoms with Crippen LogP contribution >= 0.6 is 0 Å². The van der Waals surface area contributed by atoms with Gasteiger partial charge in [-0.05, 0) is 62.9 Å². The molecule has 0 unspecified atom stereocenters. The lowest BCUT2D eigenvalue weighted by Gasteiger charge is -2.32. The molecule has 0 radical (unpaired) electrons. The zero-order valence-electron chi connectivity index (χ0n) is 22.9. The Labute approximate surface area is 222 Å². The monoisotopic (exact) mass is 531 g/mol. The second kappa shape index (κ2) is 14.0. The van der Waals surface area contributed by atoms with Gasteiger partial charge in [0.15, 0.2) is 0 Å². The fraction of sp³-hybridized carbons (Fsp3) is 0.500. The van der Waals surface area contributed by atoms with E-state index in [0.29, 0.717) is 30.8 Å². The van der Waals surface area contributed by atoms with Crippen molar-refractivity contribution in [2.75, 3.05) is 24.2 Å². The minimum Gasteiger partial charge on any atom is -0.497 e. The summed E-state index contributed by atoms with van der Waals surface area (Å²) in [7, 11) is -2.01. The number of anilines is 1. The van der Waals surface area contributed by atoms with E-state index in [4.69, 9.17) is 4.74 Å². The highest BCUT2D eigenvalue weighted by Gasteiger charge is 2.29.